The van der Waals surface area contributed by atoms with E-state index in [9.17, 15) is 13.3 Å². The Balaban J connectivity index is 3.07. The van der Waals surface area contributed by atoms with Crippen LogP contribution in [0, 0.1) is 11.6 Å². The standard InChI is InChI=1S/C18H31F2NO2SSi/c1-17(2,3)24(22)21-12-16(23-25(7,8)18(4,5)6)13-9-10-14(19)15(20)11-13/h9-11,16,21H,12H2,1-8H3/t16-,24?/m0/s1. The van der Waals surface area contributed by atoms with Gasteiger partial charge in [0, 0.05) is 11.4 Å². The molecule has 0 aliphatic rings. The Bertz CT molecular complexity index is 585. The Labute approximate surface area is 155 Å². The molecule has 0 heterocycles. The lowest BCUT2D eigenvalue weighted by atomic mass is 10.1. The molecule has 3 nitrogen and oxygen atoms in total. The predicted octanol–water partition coefficient (Wildman–Crippen LogP) is 5.08. The lowest BCUT2D eigenvalue weighted by molar-refractivity contribution is 0.186. The lowest BCUT2D eigenvalue weighted by Crippen LogP contribution is -2.46. The van der Waals surface area contributed by atoms with Crippen LogP contribution in [-0.2, 0) is 15.8 Å². The Hall–Kier alpha value is -0.473. The summed E-state index contributed by atoms with van der Waals surface area (Å²) in [6, 6.07) is 3.79. The minimum Gasteiger partial charge on any atom is -0.598 e. The van der Waals surface area contributed by atoms with Crippen LogP contribution in [0.3, 0.4) is 0 Å². The second kappa shape index (κ2) is 8.04. The van der Waals surface area contributed by atoms with Gasteiger partial charge in [0.1, 0.15) is 4.75 Å². The monoisotopic (exact) mass is 391 g/mol. The maximum atomic E-state index is 13.7. The van der Waals surface area contributed by atoms with Gasteiger partial charge < -0.3 is 8.98 Å². The molecular formula is C18H31F2NO2SSi. The summed E-state index contributed by atoms with van der Waals surface area (Å²) in [6.07, 6.45) is -0.498. The molecule has 1 aromatic rings. The van der Waals surface area contributed by atoms with Crippen LogP contribution in [0.5, 0.6) is 0 Å². The van der Waals surface area contributed by atoms with Crippen molar-refractivity contribution in [2.24, 2.45) is 0 Å². The van der Waals surface area contributed by atoms with Crippen molar-refractivity contribution in [3.05, 3.63) is 35.4 Å². The fraction of sp³-hybridized carbons (Fsp3) is 0.667. The van der Waals surface area contributed by atoms with E-state index < -0.39 is 42.2 Å². The molecule has 1 N–H and O–H groups in total. The van der Waals surface area contributed by atoms with Crippen LogP contribution < -0.4 is 4.72 Å². The third kappa shape index (κ3) is 6.32. The largest absolute Gasteiger partial charge is 0.598 e. The van der Waals surface area contributed by atoms with Crippen LogP contribution in [-0.4, -0.2) is 24.2 Å². The van der Waals surface area contributed by atoms with E-state index in [1.807, 2.05) is 20.8 Å². The Morgan fingerprint density at radius 1 is 1.12 bits per heavy atom. The molecule has 0 fully saturated rings. The first kappa shape index (κ1) is 22.6. The molecule has 7 heteroatoms. The average Bonchev–Trinajstić information content (AvgIpc) is 2.43. The molecule has 25 heavy (non-hydrogen) atoms. The Morgan fingerprint density at radius 3 is 2.12 bits per heavy atom. The zero-order chi connectivity index (χ0) is 19.6. The highest BCUT2D eigenvalue weighted by Gasteiger charge is 2.40. The van der Waals surface area contributed by atoms with Crippen LogP contribution >= 0.6 is 0 Å². The van der Waals surface area contributed by atoms with E-state index in [-0.39, 0.29) is 11.6 Å². The van der Waals surface area contributed by atoms with Gasteiger partial charge in [-0.1, -0.05) is 26.8 Å². The molecule has 0 saturated carbocycles. The quantitative estimate of drug-likeness (QED) is 0.543. The Morgan fingerprint density at radius 2 is 1.68 bits per heavy atom. The SMILES string of the molecule is CC(C)(C)[S+]([O-])NC[C@H](O[Si](C)(C)C(C)(C)C)c1ccc(F)c(F)c1. The van der Waals surface area contributed by atoms with Gasteiger partial charge in [-0.25, -0.2) is 8.78 Å². The summed E-state index contributed by atoms with van der Waals surface area (Å²) in [5.74, 6) is -1.79. The van der Waals surface area contributed by atoms with Crippen molar-refractivity contribution in [3.63, 3.8) is 0 Å². The van der Waals surface area contributed by atoms with Crippen molar-refractivity contribution >= 4 is 19.7 Å². The molecule has 0 aromatic heterocycles. The summed E-state index contributed by atoms with van der Waals surface area (Å²) in [5, 5.41) is -0.0347. The van der Waals surface area contributed by atoms with E-state index in [2.05, 4.69) is 38.6 Å². The normalized spacial score (nSPS) is 16.0. The Kier molecular flexibility index (Phi) is 7.26. The highest BCUT2D eigenvalue weighted by atomic mass is 32.2. The second-order valence-electron chi connectivity index (χ2n) is 8.77. The minimum absolute atomic E-state index is 0.0347. The lowest BCUT2D eigenvalue weighted by Gasteiger charge is -2.39. The van der Waals surface area contributed by atoms with Gasteiger partial charge in [0.15, 0.2) is 20.0 Å². The molecule has 0 bridgehead atoms. The molecule has 1 unspecified atom stereocenters. The zero-order valence-electron chi connectivity index (χ0n) is 16.5. The molecule has 0 saturated heterocycles. The summed E-state index contributed by atoms with van der Waals surface area (Å²) in [6.45, 7) is 16.4. The molecule has 0 aliphatic carbocycles. The smallest absolute Gasteiger partial charge is 0.192 e. The van der Waals surface area contributed by atoms with Crippen molar-refractivity contribution in [1.82, 2.24) is 4.72 Å². The first-order valence-corrected chi connectivity index (χ1v) is 12.5. The van der Waals surface area contributed by atoms with Crippen LogP contribution in [0.25, 0.3) is 0 Å². The summed E-state index contributed by atoms with van der Waals surface area (Å²) < 4.78 is 48.2. The molecule has 144 valence electrons. The molecule has 1 aromatic carbocycles. The van der Waals surface area contributed by atoms with Crippen LogP contribution in [0.15, 0.2) is 18.2 Å². The third-order valence-electron chi connectivity index (χ3n) is 4.51. The van der Waals surface area contributed by atoms with Crippen molar-refractivity contribution < 1.29 is 17.8 Å². The van der Waals surface area contributed by atoms with Crippen molar-refractivity contribution in [2.75, 3.05) is 6.54 Å². The maximum absolute atomic E-state index is 13.7. The van der Waals surface area contributed by atoms with E-state index in [4.69, 9.17) is 4.43 Å². The first-order chi connectivity index (χ1) is 11.1. The molecule has 0 amide bonds. The van der Waals surface area contributed by atoms with E-state index in [0.29, 0.717) is 5.56 Å². The summed E-state index contributed by atoms with van der Waals surface area (Å²) in [7, 11) is -2.15. The van der Waals surface area contributed by atoms with Gasteiger partial charge in [0.25, 0.3) is 0 Å². The van der Waals surface area contributed by atoms with Gasteiger partial charge in [0.05, 0.1) is 12.6 Å². The van der Waals surface area contributed by atoms with Crippen molar-refractivity contribution in [1.29, 1.82) is 0 Å². The van der Waals surface area contributed by atoms with E-state index >= 15 is 0 Å². The first-order valence-electron chi connectivity index (χ1n) is 8.43. The predicted molar refractivity (Wildman–Crippen MR) is 103 cm³/mol. The highest BCUT2D eigenvalue weighted by Crippen LogP contribution is 2.39. The summed E-state index contributed by atoms with van der Waals surface area (Å²) in [4.78, 5) is 0. The van der Waals surface area contributed by atoms with Gasteiger partial charge in [-0.3, -0.25) is 0 Å². The van der Waals surface area contributed by atoms with Gasteiger partial charge in [-0.15, -0.1) is 4.72 Å². The zero-order valence-corrected chi connectivity index (χ0v) is 18.3. The minimum atomic E-state index is -2.15. The maximum Gasteiger partial charge on any atom is 0.192 e. The molecular weight excluding hydrogens is 360 g/mol. The topological polar surface area (TPSA) is 44.3 Å². The number of rotatable bonds is 6. The van der Waals surface area contributed by atoms with Crippen LogP contribution in [0.4, 0.5) is 8.78 Å². The van der Waals surface area contributed by atoms with Crippen LogP contribution in [0.2, 0.25) is 18.1 Å². The van der Waals surface area contributed by atoms with Gasteiger partial charge in [0.2, 0.25) is 0 Å². The molecule has 0 radical (unpaired) electrons. The number of nitrogens with one attached hydrogen (secondary N) is 1. The third-order valence-corrected chi connectivity index (χ3v) is 10.5. The van der Waals surface area contributed by atoms with E-state index in [1.165, 1.54) is 6.07 Å². The van der Waals surface area contributed by atoms with Crippen molar-refractivity contribution in [2.45, 2.75) is 70.5 Å². The molecule has 0 spiro atoms. The second-order valence-corrected chi connectivity index (χ2v) is 15.6. The molecule has 2 atom stereocenters. The average molecular weight is 392 g/mol. The van der Waals surface area contributed by atoms with E-state index in [1.54, 1.807) is 0 Å². The molecule has 1 rings (SSSR count). The summed E-state index contributed by atoms with van der Waals surface area (Å²) >= 11 is -1.27. The van der Waals surface area contributed by atoms with Gasteiger partial charge in [-0.2, -0.15) is 0 Å². The van der Waals surface area contributed by atoms with Crippen LogP contribution in [0.1, 0.15) is 53.2 Å². The highest BCUT2D eigenvalue weighted by molar-refractivity contribution is 7.90. The van der Waals surface area contributed by atoms with Crippen molar-refractivity contribution in [3.8, 4) is 0 Å². The number of hydrogen-bond donors (Lipinski definition) is 1. The van der Waals surface area contributed by atoms with Gasteiger partial charge in [-0.05, 0) is 56.6 Å². The van der Waals surface area contributed by atoms with Gasteiger partial charge >= 0.3 is 0 Å². The molecule has 0 aliphatic heterocycles. The number of benzene rings is 1. The summed E-state index contributed by atoms with van der Waals surface area (Å²) in [5.41, 5.74) is 0.544. The number of hydrogen-bond acceptors (Lipinski definition) is 3. The fourth-order valence-corrected chi connectivity index (χ4v) is 3.86. The number of halogens is 2. The van der Waals surface area contributed by atoms with E-state index in [0.717, 1.165) is 12.1 Å². The fourth-order valence-electron chi connectivity index (χ4n) is 1.84.